The summed E-state index contributed by atoms with van der Waals surface area (Å²) in [6.45, 7) is 0. The van der Waals surface area contributed by atoms with Crippen LogP contribution >= 0.6 is 11.8 Å². The minimum Gasteiger partial charge on any atom is -0.508 e. The fourth-order valence-corrected chi connectivity index (χ4v) is 4.89. The van der Waals surface area contributed by atoms with Crippen molar-refractivity contribution in [2.45, 2.75) is 16.5 Å². The number of phenolic OH excluding ortho intramolecular Hbond substituents is 1. The fraction of sp³-hybridized carbons (Fsp3) is 0.130. The van der Waals surface area contributed by atoms with Gasteiger partial charge in [0.05, 0.1) is 11.6 Å². The van der Waals surface area contributed by atoms with E-state index in [0.717, 1.165) is 4.90 Å². The SMILES string of the molecule is NC(=O)[C@@H](N)CSc1ccc2c(c1)Oc1cc(O)ccc1C21OC(=O)c2ccccc21. The molecule has 1 amide bonds. The number of benzene rings is 3. The van der Waals surface area contributed by atoms with E-state index in [4.69, 9.17) is 20.9 Å². The molecule has 0 aromatic heterocycles. The highest BCUT2D eigenvalue weighted by Crippen LogP contribution is 2.56. The molecule has 1 unspecified atom stereocenters. The molecular weight excluding hydrogens is 416 g/mol. The lowest BCUT2D eigenvalue weighted by molar-refractivity contribution is -0.118. The van der Waals surface area contributed by atoms with Crippen LogP contribution in [0.25, 0.3) is 0 Å². The van der Waals surface area contributed by atoms with E-state index in [2.05, 4.69) is 0 Å². The normalized spacial score (nSPS) is 19.1. The summed E-state index contributed by atoms with van der Waals surface area (Å²) in [4.78, 5) is 24.8. The van der Waals surface area contributed by atoms with Gasteiger partial charge < -0.3 is 26.0 Å². The lowest BCUT2D eigenvalue weighted by atomic mass is 9.78. The van der Waals surface area contributed by atoms with Gasteiger partial charge in [-0.3, -0.25) is 4.79 Å². The molecule has 31 heavy (non-hydrogen) atoms. The van der Waals surface area contributed by atoms with E-state index in [1.807, 2.05) is 24.3 Å². The summed E-state index contributed by atoms with van der Waals surface area (Å²) in [5.41, 5.74) is 12.3. The Balaban J connectivity index is 1.66. The number of hydrogen-bond acceptors (Lipinski definition) is 7. The Morgan fingerprint density at radius 3 is 2.52 bits per heavy atom. The zero-order valence-electron chi connectivity index (χ0n) is 16.2. The van der Waals surface area contributed by atoms with Gasteiger partial charge in [-0.1, -0.05) is 18.2 Å². The molecule has 5 N–H and O–H groups in total. The number of fused-ring (bicyclic) bond motifs is 6. The van der Waals surface area contributed by atoms with Crippen LogP contribution in [0.5, 0.6) is 17.2 Å². The number of ether oxygens (including phenoxy) is 2. The average molecular weight is 434 g/mol. The minimum atomic E-state index is -1.18. The van der Waals surface area contributed by atoms with Crippen LogP contribution in [-0.2, 0) is 15.1 Å². The monoisotopic (exact) mass is 434 g/mol. The Kier molecular flexibility index (Phi) is 4.42. The molecule has 5 rings (SSSR count). The highest BCUT2D eigenvalue weighted by atomic mass is 32.2. The van der Waals surface area contributed by atoms with Crippen molar-refractivity contribution in [3.63, 3.8) is 0 Å². The van der Waals surface area contributed by atoms with Gasteiger partial charge in [0.1, 0.15) is 17.2 Å². The van der Waals surface area contributed by atoms with Gasteiger partial charge in [0.2, 0.25) is 5.91 Å². The van der Waals surface area contributed by atoms with Crippen LogP contribution in [0.3, 0.4) is 0 Å². The largest absolute Gasteiger partial charge is 0.508 e. The molecule has 0 saturated heterocycles. The Hall–Kier alpha value is -3.49. The zero-order chi connectivity index (χ0) is 21.8. The van der Waals surface area contributed by atoms with Crippen LogP contribution < -0.4 is 16.2 Å². The lowest BCUT2D eigenvalue weighted by Gasteiger charge is -2.36. The van der Waals surface area contributed by atoms with Gasteiger partial charge in [0.15, 0.2) is 5.60 Å². The van der Waals surface area contributed by atoms with Crippen molar-refractivity contribution in [2.75, 3.05) is 5.75 Å². The van der Waals surface area contributed by atoms with Gasteiger partial charge >= 0.3 is 5.97 Å². The molecule has 2 heterocycles. The molecule has 0 radical (unpaired) electrons. The molecule has 2 aliphatic heterocycles. The maximum atomic E-state index is 12.8. The van der Waals surface area contributed by atoms with Crippen LogP contribution in [0.2, 0.25) is 0 Å². The Bertz CT molecular complexity index is 1240. The molecule has 0 fully saturated rings. The molecule has 2 aliphatic rings. The first-order chi connectivity index (χ1) is 14.9. The van der Waals surface area contributed by atoms with E-state index < -0.39 is 23.5 Å². The molecule has 0 saturated carbocycles. The molecule has 2 atom stereocenters. The summed E-state index contributed by atoms with van der Waals surface area (Å²) < 4.78 is 12.1. The molecule has 0 aliphatic carbocycles. The highest BCUT2D eigenvalue weighted by Gasteiger charge is 2.53. The Morgan fingerprint density at radius 2 is 1.74 bits per heavy atom. The molecule has 0 bridgehead atoms. The summed E-state index contributed by atoms with van der Waals surface area (Å²) >= 11 is 1.37. The lowest BCUT2D eigenvalue weighted by Crippen LogP contribution is -2.38. The summed E-state index contributed by atoms with van der Waals surface area (Å²) in [7, 11) is 0. The van der Waals surface area contributed by atoms with Gasteiger partial charge in [0.25, 0.3) is 0 Å². The van der Waals surface area contributed by atoms with E-state index >= 15 is 0 Å². The van der Waals surface area contributed by atoms with Crippen molar-refractivity contribution in [3.8, 4) is 17.2 Å². The van der Waals surface area contributed by atoms with Gasteiger partial charge in [-0.15, -0.1) is 11.8 Å². The number of carbonyl (C=O) groups is 2. The Morgan fingerprint density at radius 1 is 1.03 bits per heavy atom. The van der Waals surface area contributed by atoms with E-state index in [1.54, 1.807) is 30.3 Å². The molecule has 7 nitrogen and oxygen atoms in total. The molecule has 3 aromatic rings. The van der Waals surface area contributed by atoms with Crippen LogP contribution in [0.15, 0.2) is 65.6 Å². The number of amides is 1. The number of hydrogen-bond donors (Lipinski definition) is 3. The van der Waals surface area contributed by atoms with E-state index in [-0.39, 0.29) is 5.75 Å². The predicted octanol–water partition coefficient (Wildman–Crippen LogP) is 2.86. The van der Waals surface area contributed by atoms with Crippen molar-refractivity contribution in [1.29, 1.82) is 0 Å². The number of phenols is 1. The quantitative estimate of drug-likeness (QED) is 0.426. The summed E-state index contributed by atoms with van der Waals surface area (Å²) in [5, 5.41) is 10.0. The molecule has 8 heteroatoms. The predicted molar refractivity (Wildman–Crippen MR) is 114 cm³/mol. The van der Waals surface area contributed by atoms with Crippen LogP contribution in [0.1, 0.15) is 27.0 Å². The summed E-state index contributed by atoms with van der Waals surface area (Å²) in [6, 6.07) is 16.7. The average Bonchev–Trinajstić information content (AvgIpc) is 3.05. The Labute approximate surface area is 182 Å². The first-order valence-electron chi connectivity index (χ1n) is 9.56. The number of primary amides is 1. The number of esters is 1. The van der Waals surface area contributed by atoms with E-state index in [1.165, 1.54) is 17.8 Å². The van der Waals surface area contributed by atoms with Crippen molar-refractivity contribution in [3.05, 3.63) is 82.9 Å². The van der Waals surface area contributed by atoms with Crippen molar-refractivity contribution in [2.24, 2.45) is 11.5 Å². The zero-order valence-corrected chi connectivity index (χ0v) is 17.0. The van der Waals surface area contributed by atoms with Gasteiger partial charge in [0, 0.05) is 33.4 Å². The summed E-state index contributed by atoms with van der Waals surface area (Å²) in [6.07, 6.45) is 0. The highest BCUT2D eigenvalue weighted by molar-refractivity contribution is 7.99. The second-order valence-corrected chi connectivity index (χ2v) is 8.47. The molecule has 3 aromatic carbocycles. The first kappa shape index (κ1) is 19.5. The second-order valence-electron chi connectivity index (χ2n) is 7.38. The smallest absolute Gasteiger partial charge is 0.340 e. The van der Waals surface area contributed by atoms with Crippen molar-refractivity contribution in [1.82, 2.24) is 0 Å². The second kappa shape index (κ2) is 7.04. The maximum absolute atomic E-state index is 12.8. The number of rotatable bonds is 4. The molecule has 1 spiro atoms. The van der Waals surface area contributed by atoms with Gasteiger partial charge in [-0.05, 0) is 36.4 Å². The maximum Gasteiger partial charge on any atom is 0.340 e. The van der Waals surface area contributed by atoms with E-state index in [9.17, 15) is 14.7 Å². The molecular formula is C23H18N2O5S. The van der Waals surface area contributed by atoms with Crippen molar-refractivity contribution < 1.29 is 24.2 Å². The standard InChI is InChI=1S/C23H18N2O5S/c24-18(21(25)27)11-31-13-6-8-17-20(10-13)29-19-9-12(26)5-7-16(19)23(17)15-4-2-1-3-14(15)22(28)30-23/h1-10,18,26H,11,24H2,(H2,25,27)/t18-,23?/m0/s1. The van der Waals surface area contributed by atoms with Gasteiger partial charge in [-0.25, -0.2) is 4.79 Å². The van der Waals surface area contributed by atoms with Crippen LogP contribution in [-0.4, -0.2) is 28.8 Å². The van der Waals surface area contributed by atoms with Crippen LogP contribution in [0.4, 0.5) is 0 Å². The number of thioether (sulfide) groups is 1. The third-order valence-electron chi connectivity index (χ3n) is 5.46. The number of nitrogens with two attached hydrogens (primary N) is 2. The molecule has 156 valence electrons. The minimum absolute atomic E-state index is 0.0351. The third-order valence-corrected chi connectivity index (χ3v) is 6.58. The fourth-order valence-electron chi connectivity index (χ4n) is 4.00. The van der Waals surface area contributed by atoms with E-state index in [0.29, 0.717) is 39.5 Å². The summed E-state index contributed by atoms with van der Waals surface area (Å²) in [5.74, 6) is 0.239. The van der Waals surface area contributed by atoms with Gasteiger partial charge in [-0.2, -0.15) is 0 Å². The third kappa shape index (κ3) is 2.95. The van der Waals surface area contributed by atoms with Crippen LogP contribution in [0, 0.1) is 0 Å². The number of aromatic hydroxyl groups is 1. The topological polar surface area (TPSA) is 125 Å². The number of carbonyl (C=O) groups excluding carboxylic acids is 2. The first-order valence-corrected chi connectivity index (χ1v) is 10.5. The van der Waals surface area contributed by atoms with Crippen molar-refractivity contribution >= 4 is 23.6 Å².